The van der Waals surface area contributed by atoms with Crippen LogP contribution in [0.3, 0.4) is 0 Å². The second-order valence-electron chi connectivity index (χ2n) is 5.43. The molecule has 1 saturated carbocycles. The molecule has 2 rings (SSSR count). The monoisotopic (exact) mass is 195 g/mol. The largest absolute Gasteiger partial charge is 0.317 e. The third-order valence-electron chi connectivity index (χ3n) is 3.79. The van der Waals surface area contributed by atoms with E-state index in [1.807, 2.05) is 0 Å². The van der Waals surface area contributed by atoms with Crippen LogP contribution >= 0.6 is 0 Å². The zero-order valence-electron chi connectivity index (χ0n) is 9.31. The first-order chi connectivity index (χ1) is 6.64. The maximum atomic E-state index is 11.9. The van der Waals surface area contributed by atoms with Crippen molar-refractivity contribution < 1.29 is 4.79 Å². The van der Waals surface area contributed by atoms with Crippen LogP contribution < -0.4 is 5.32 Å². The first-order valence-corrected chi connectivity index (χ1v) is 5.87. The Morgan fingerprint density at radius 2 is 2.07 bits per heavy atom. The van der Waals surface area contributed by atoms with Crippen molar-refractivity contribution in [3.63, 3.8) is 0 Å². The molecule has 1 unspecified atom stereocenters. The fraction of sp³-hybridized carbons (Fsp3) is 0.917. The van der Waals surface area contributed by atoms with Crippen LogP contribution in [-0.2, 0) is 4.79 Å². The molecular weight excluding hydrogens is 174 g/mol. The Bertz CT molecular complexity index is 228. The molecule has 2 fully saturated rings. The summed E-state index contributed by atoms with van der Waals surface area (Å²) in [7, 11) is 0. The van der Waals surface area contributed by atoms with E-state index >= 15 is 0 Å². The molecule has 1 heterocycles. The van der Waals surface area contributed by atoms with Gasteiger partial charge in [-0.1, -0.05) is 13.8 Å². The minimum atomic E-state index is 0.423. The van der Waals surface area contributed by atoms with Gasteiger partial charge in [0.1, 0.15) is 5.78 Å². The zero-order chi connectivity index (χ0) is 10.2. The first-order valence-electron chi connectivity index (χ1n) is 5.87. The molecule has 1 saturated heterocycles. The van der Waals surface area contributed by atoms with Gasteiger partial charge in [-0.15, -0.1) is 0 Å². The second-order valence-corrected chi connectivity index (χ2v) is 5.43. The Morgan fingerprint density at radius 3 is 2.64 bits per heavy atom. The molecule has 0 aromatic heterocycles. The summed E-state index contributed by atoms with van der Waals surface area (Å²) in [6.45, 7) is 6.50. The normalized spacial score (nSPS) is 29.5. The number of ketones is 1. The number of Topliss-reactive ketones (excluding diaryl/α,β-unsaturated/α-hetero) is 1. The van der Waals surface area contributed by atoms with Gasteiger partial charge in [0, 0.05) is 12.3 Å². The number of rotatable bonds is 3. The minimum absolute atomic E-state index is 0.423. The van der Waals surface area contributed by atoms with E-state index in [0.717, 1.165) is 19.5 Å². The highest BCUT2D eigenvalue weighted by Gasteiger charge is 2.56. The predicted octanol–water partition coefficient (Wildman–Crippen LogP) is 1.99. The summed E-state index contributed by atoms with van der Waals surface area (Å²) < 4.78 is 0. The highest BCUT2D eigenvalue weighted by Crippen LogP contribution is 2.59. The highest BCUT2D eigenvalue weighted by molar-refractivity contribution is 5.84. The standard InChI is InChI=1S/C12H21NO/c1-9(2)7-11(14)10-8-12(10)3-5-13-6-4-12/h9-10,13H,3-8H2,1-2H3. The number of hydrogen-bond donors (Lipinski definition) is 1. The topological polar surface area (TPSA) is 29.1 Å². The van der Waals surface area contributed by atoms with Crippen molar-refractivity contribution in [2.75, 3.05) is 13.1 Å². The van der Waals surface area contributed by atoms with Gasteiger partial charge in [-0.3, -0.25) is 4.79 Å². The maximum absolute atomic E-state index is 11.9. The van der Waals surface area contributed by atoms with Crippen molar-refractivity contribution in [1.82, 2.24) is 5.32 Å². The second kappa shape index (κ2) is 3.65. The van der Waals surface area contributed by atoms with Crippen LogP contribution in [0.4, 0.5) is 0 Å². The summed E-state index contributed by atoms with van der Waals surface area (Å²) in [5, 5.41) is 3.37. The lowest BCUT2D eigenvalue weighted by Crippen LogP contribution is -2.30. The lowest BCUT2D eigenvalue weighted by molar-refractivity contribution is -0.121. The summed E-state index contributed by atoms with van der Waals surface area (Å²) in [5.41, 5.74) is 0.442. The number of nitrogens with one attached hydrogen (secondary N) is 1. The molecule has 2 heteroatoms. The lowest BCUT2D eigenvalue weighted by Gasteiger charge is -2.23. The maximum Gasteiger partial charge on any atom is 0.136 e. The summed E-state index contributed by atoms with van der Waals surface area (Å²) in [6, 6.07) is 0. The van der Waals surface area contributed by atoms with E-state index in [4.69, 9.17) is 0 Å². The van der Waals surface area contributed by atoms with Gasteiger partial charge in [-0.25, -0.2) is 0 Å². The molecule has 2 nitrogen and oxygen atoms in total. The van der Waals surface area contributed by atoms with Gasteiger partial charge in [-0.2, -0.15) is 0 Å². The number of hydrogen-bond acceptors (Lipinski definition) is 2. The van der Waals surface area contributed by atoms with Gasteiger partial charge in [0.25, 0.3) is 0 Å². The average Bonchev–Trinajstić information content (AvgIpc) is 2.80. The van der Waals surface area contributed by atoms with E-state index in [-0.39, 0.29) is 0 Å². The van der Waals surface area contributed by atoms with Crippen LogP contribution in [0.1, 0.15) is 39.5 Å². The average molecular weight is 195 g/mol. The van der Waals surface area contributed by atoms with Gasteiger partial charge in [0.15, 0.2) is 0 Å². The van der Waals surface area contributed by atoms with Crippen molar-refractivity contribution in [3.05, 3.63) is 0 Å². The minimum Gasteiger partial charge on any atom is -0.317 e. The van der Waals surface area contributed by atoms with Crippen molar-refractivity contribution in [3.8, 4) is 0 Å². The molecule has 1 aliphatic heterocycles. The SMILES string of the molecule is CC(C)CC(=O)C1CC12CCNCC2. The molecule has 0 bridgehead atoms. The van der Waals surface area contributed by atoms with E-state index in [0.29, 0.717) is 23.0 Å². The van der Waals surface area contributed by atoms with Crippen LogP contribution in [0, 0.1) is 17.3 Å². The zero-order valence-corrected chi connectivity index (χ0v) is 9.31. The highest BCUT2D eigenvalue weighted by atomic mass is 16.1. The number of carbonyl (C=O) groups is 1. The van der Waals surface area contributed by atoms with Gasteiger partial charge < -0.3 is 5.32 Å². The summed E-state index contributed by atoms with van der Waals surface area (Å²) in [6.07, 6.45) is 4.42. The van der Waals surface area contributed by atoms with Crippen molar-refractivity contribution in [1.29, 1.82) is 0 Å². The van der Waals surface area contributed by atoms with Crippen LogP contribution in [0.25, 0.3) is 0 Å². The first kappa shape index (κ1) is 10.2. The Hall–Kier alpha value is -0.370. The molecule has 80 valence electrons. The molecule has 1 N–H and O–H groups in total. The lowest BCUT2D eigenvalue weighted by atomic mass is 9.89. The molecule has 1 aliphatic carbocycles. The van der Waals surface area contributed by atoms with Crippen molar-refractivity contribution in [2.24, 2.45) is 17.3 Å². The van der Waals surface area contributed by atoms with Gasteiger partial charge in [-0.05, 0) is 43.7 Å². The fourth-order valence-corrected chi connectivity index (χ4v) is 2.82. The quantitative estimate of drug-likeness (QED) is 0.746. The number of piperidine rings is 1. The van der Waals surface area contributed by atoms with Crippen LogP contribution in [0.15, 0.2) is 0 Å². The van der Waals surface area contributed by atoms with E-state index < -0.39 is 0 Å². The van der Waals surface area contributed by atoms with Crippen LogP contribution in [-0.4, -0.2) is 18.9 Å². The molecule has 0 amide bonds. The summed E-state index contributed by atoms with van der Waals surface area (Å²) >= 11 is 0. The summed E-state index contributed by atoms with van der Waals surface area (Å²) in [4.78, 5) is 11.9. The predicted molar refractivity (Wildman–Crippen MR) is 57.1 cm³/mol. The van der Waals surface area contributed by atoms with Gasteiger partial charge in [0.2, 0.25) is 0 Å². The Morgan fingerprint density at radius 1 is 1.43 bits per heavy atom. The Kier molecular flexibility index (Phi) is 2.65. The molecule has 14 heavy (non-hydrogen) atoms. The van der Waals surface area contributed by atoms with Gasteiger partial charge >= 0.3 is 0 Å². The smallest absolute Gasteiger partial charge is 0.136 e. The van der Waals surface area contributed by atoms with E-state index in [9.17, 15) is 4.79 Å². The third kappa shape index (κ3) is 1.85. The van der Waals surface area contributed by atoms with Gasteiger partial charge in [0.05, 0.1) is 0 Å². The Balaban J connectivity index is 1.87. The van der Waals surface area contributed by atoms with Crippen LogP contribution in [0.5, 0.6) is 0 Å². The Labute approximate surface area is 86.5 Å². The molecule has 0 radical (unpaired) electrons. The molecule has 1 atom stereocenters. The third-order valence-corrected chi connectivity index (χ3v) is 3.79. The van der Waals surface area contributed by atoms with E-state index in [2.05, 4.69) is 19.2 Å². The van der Waals surface area contributed by atoms with E-state index in [1.54, 1.807) is 0 Å². The summed E-state index contributed by atoms with van der Waals surface area (Å²) in [5.74, 6) is 1.48. The molecular formula is C12H21NO. The van der Waals surface area contributed by atoms with Crippen molar-refractivity contribution in [2.45, 2.75) is 39.5 Å². The molecule has 0 aromatic carbocycles. The van der Waals surface area contributed by atoms with E-state index in [1.165, 1.54) is 19.3 Å². The fourth-order valence-electron chi connectivity index (χ4n) is 2.82. The van der Waals surface area contributed by atoms with Crippen LogP contribution in [0.2, 0.25) is 0 Å². The molecule has 1 spiro atoms. The molecule has 0 aromatic rings. The van der Waals surface area contributed by atoms with Crippen molar-refractivity contribution >= 4 is 5.78 Å². The number of carbonyl (C=O) groups excluding carboxylic acids is 1. The molecule has 2 aliphatic rings.